The van der Waals surface area contributed by atoms with Gasteiger partial charge in [-0.3, -0.25) is 14.3 Å². The molecule has 4 rings (SSSR count). The second-order valence-corrected chi connectivity index (χ2v) is 7.72. The zero-order valence-corrected chi connectivity index (χ0v) is 16.7. The highest BCUT2D eigenvalue weighted by Gasteiger charge is 2.21. The van der Waals surface area contributed by atoms with E-state index in [1.165, 1.54) is 17.3 Å². The van der Waals surface area contributed by atoms with Crippen LogP contribution in [-0.4, -0.2) is 49.4 Å². The van der Waals surface area contributed by atoms with Gasteiger partial charge < -0.3 is 4.90 Å². The Hall–Kier alpha value is -2.67. The number of carbonyl (C=O) groups excluding carboxylic acids is 1. The number of pyridine rings is 1. The van der Waals surface area contributed by atoms with Crippen LogP contribution in [0, 0.1) is 0 Å². The van der Waals surface area contributed by atoms with Crippen LogP contribution in [0.3, 0.4) is 0 Å². The van der Waals surface area contributed by atoms with Crippen molar-refractivity contribution >= 4 is 17.7 Å². The highest BCUT2D eigenvalue weighted by Crippen LogP contribution is 2.28. The molecule has 0 unspecified atom stereocenters. The van der Waals surface area contributed by atoms with E-state index in [9.17, 15) is 4.79 Å². The molecule has 0 spiro atoms. The largest absolute Gasteiger partial charge is 0.342 e. The molecule has 0 atom stereocenters. The van der Waals surface area contributed by atoms with Gasteiger partial charge in [0.1, 0.15) is 0 Å². The van der Waals surface area contributed by atoms with Crippen molar-refractivity contribution in [1.29, 1.82) is 0 Å². The van der Waals surface area contributed by atoms with Crippen LogP contribution in [0.25, 0.3) is 17.1 Å². The van der Waals surface area contributed by atoms with E-state index in [-0.39, 0.29) is 5.91 Å². The Labute approximate surface area is 169 Å². The fraction of sp³-hybridized carbons (Fsp3) is 0.333. The summed E-state index contributed by atoms with van der Waals surface area (Å²) in [5.74, 6) is 1.27. The van der Waals surface area contributed by atoms with Gasteiger partial charge >= 0.3 is 0 Å². The first-order chi connectivity index (χ1) is 13.8. The van der Waals surface area contributed by atoms with Gasteiger partial charge in [-0.1, -0.05) is 30.8 Å². The highest BCUT2D eigenvalue weighted by atomic mass is 32.2. The third-order valence-electron chi connectivity index (χ3n) is 4.94. The Morgan fingerprint density at radius 3 is 2.57 bits per heavy atom. The summed E-state index contributed by atoms with van der Waals surface area (Å²) in [4.78, 5) is 18.6. The topological polar surface area (TPSA) is 63.9 Å². The van der Waals surface area contributed by atoms with Crippen LogP contribution >= 0.6 is 11.8 Å². The second kappa shape index (κ2) is 8.56. The average molecular weight is 394 g/mol. The standard InChI is InChI=1S/C21H23N5OS/c1-2-16-7-9-18(10-8-16)26-20(17-6-5-11-22-14-17)23-24-21(26)28-15-19(27)25-12-3-4-13-25/h5-11,14H,2-4,12-13,15H2,1H3. The summed E-state index contributed by atoms with van der Waals surface area (Å²) in [7, 11) is 0. The highest BCUT2D eigenvalue weighted by molar-refractivity contribution is 7.99. The Balaban J connectivity index is 1.65. The van der Waals surface area contributed by atoms with Crippen LogP contribution in [0.15, 0.2) is 53.9 Å². The molecule has 1 fully saturated rings. The molecule has 7 heteroatoms. The van der Waals surface area contributed by atoms with E-state index in [0.29, 0.717) is 5.75 Å². The Morgan fingerprint density at radius 1 is 1.11 bits per heavy atom. The molecule has 6 nitrogen and oxygen atoms in total. The van der Waals surface area contributed by atoms with Crippen molar-refractivity contribution in [2.75, 3.05) is 18.8 Å². The molecular weight excluding hydrogens is 370 g/mol. The number of likely N-dealkylation sites (tertiary alicyclic amines) is 1. The third kappa shape index (κ3) is 3.94. The van der Waals surface area contributed by atoms with E-state index >= 15 is 0 Å². The van der Waals surface area contributed by atoms with E-state index < -0.39 is 0 Å². The summed E-state index contributed by atoms with van der Waals surface area (Å²) in [6.07, 6.45) is 6.71. The maximum absolute atomic E-state index is 12.5. The number of hydrogen-bond acceptors (Lipinski definition) is 5. The number of aryl methyl sites for hydroxylation is 1. The molecule has 0 bridgehead atoms. The minimum Gasteiger partial charge on any atom is -0.342 e. The summed E-state index contributed by atoms with van der Waals surface area (Å²) in [5.41, 5.74) is 3.16. The molecule has 1 aromatic carbocycles. The van der Waals surface area contributed by atoms with Crippen LogP contribution in [0.1, 0.15) is 25.3 Å². The summed E-state index contributed by atoms with van der Waals surface area (Å²) in [5, 5.41) is 9.51. The van der Waals surface area contributed by atoms with E-state index in [4.69, 9.17) is 0 Å². The Bertz CT molecular complexity index is 933. The first kappa shape index (κ1) is 18.7. The lowest BCUT2D eigenvalue weighted by Gasteiger charge is -2.15. The minimum absolute atomic E-state index is 0.168. The Kier molecular flexibility index (Phi) is 5.71. The maximum atomic E-state index is 12.5. The number of aromatic nitrogens is 4. The van der Waals surface area contributed by atoms with E-state index in [1.54, 1.807) is 12.4 Å². The number of amides is 1. The van der Waals surface area contributed by atoms with Crippen LogP contribution in [0.4, 0.5) is 0 Å². The molecule has 28 heavy (non-hydrogen) atoms. The summed E-state index contributed by atoms with van der Waals surface area (Å²) in [6, 6.07) is 12.2. The number of carbonyl (C=O) groups is 1. The number of rotatable bonds is 6. The van der Waals surface area contributed by atoms with Crippen molar-refractivity contribution in [2.45, 2.75) is 31.3 Å². The first-order valence-electron chi connectivity index (χ1n) is 9.62. The van der Waals surface area contributed by atoms with Crippen LogP contribution in [0.2, 0.25) is 0 Å². The van der Waals surface area contributed by atoms with E-state index in [2.05, 4.69) is 46.4 Å². The van der Waals surface area contributed by atoms with Gasteiger partial charge in [0.05, 0.1) is 5.75 Å². The number of hydrogen-bond donors (Lipinski definition) is 0. The molecule has 1 saturated heterocycles. The Morgan fingerprint density at radius 2 is 1.89 bits per heavy atom. The number of benzene rings is 1. The molecule has 0 aliphatic carbocycles. The zero-order valence-electron chi connectivity index (χ0n) is 15.9. The predicted octanol–water partition coefficient (Wildman–Crippen LogP) is 3.61. The fourth-order valence-corrected chi connectivity index (χ4v) is 4.20. The van der Waals surface area contributed by atoms with Gasteiger partial charge in [0, 0.05) is 36.7 Å². The van der Waals surface area contributed by atoms with Crippen molar-refractivity contribution in [1.82, 2.24) is 24.6 Å². The number of thioether (sulfide) groups is 1. The van der Waals surface area contributed by atoms with Gasteiger partial charge in [-0.05, 0) is 49.1 Å². The molecule has 1 aliphatic rings. The molecule has 0 saturated carbocycles. The average Bonchev–Trinajstić information content (AvgIpc) is 3.43. The molecule has 0 radical (unpaired) electrons. The van der Waals surface area contributed by atoms with Crippen LogP contribution in [-0.2, 0) is 11.2 Å². The second-order valence-electron chi connectivity index (χ2n) is 6.78. The van der Waals surface area contributed by atoms with Crippen LogP contribution in [0.5, 0.6) is 0 Å². The minimum atomic E-state index is 0.168. The molecule has 3 aromatic rings. The van der Waals surface area contributed by atoms with Crippen molar-refractivity contribution in [3.63, 3.8) is 0 Å². The van der Waals surface area contributed by atoms with Crippen molar-refractivity contribution in [3.8, 4) is 17.1 Å². The van der Waals surface area contributed by atoms with Gasteiger partial charge in [-0.2, -0.15) is 0 Å². The molecule has 2 aromatic heterocycles. The predicted molar refractivity (Wildman–Crippen MR) is 111 cm³/mol. The number of nitrogens with zero attached hydrogens (tertiary/aromatic N) is 5. The van der Waals surface area contributed by atoms with Gasteiger partial charge in [0.2, 0.25) is 5.91 Å². The summed E-state index contributed by atoms with van der Waals surface area (Å²) in [6.45, 7) is 3.87. The smallest absolute Gasteiger partial charge is 0.233 e. The van der Waals surface area contributed by atoms with Crippen molar-refractivity contribution < 1.29 is 4.79 Å². The van der Waals surface area contributed by atoms with E-state index in [1.807, 2.05) is 21.6 Å². The van der Waals surface area contributed by atoms with Crippen molar-refractivity contribution in [2.24, 2.45) is 0 Å². The fourth-order valence-electron chi connectivity index (χ4n) is 3.34. The van der Waals surface area contributed by atoms with Gasteiger partial charge in [-0.25, -0.2) is 0 Å². The monoisotopic (exact) mass is 393 g/mol. The lowest BCUT2D eigenvalue weighted by atomic mass is 10.1. The summed E-state index contributed by atoms with van der Waals surface area (Å²) < 4.78 is 2.01. The van der Waals surface area contributed by atoms with Gasteiger partial charge in [-0.15, -0.1) is 10.2 Å². The zero-order chi connectivity index (χ0) is 19.3. The first-order valence-corrected chi connectivity index (χ1v) is 10.6. The van der Waals surface area contributed by atoms with E-state index in [0.717, 1.165) is 54.6 Å². The molecule has 3 heterocycles. The summed E-state index contributed by atoms with van der Waals surface area (Å²) >= 11 is 1.44. The molecular formula is C21H23N5OS. The quantitative estimate of drug-likeness (QED) is 0.599. The normalized spacial score (nSPS) is 13.8. The lowest BCUT2D eigenvalue weighted by molar-refractivity contribution is -0.127. The third-order valence-corrected chi connectivity index (χ3v) is 5.85. The lowest BCUT2D eigenvalue weighted by Crippen LogP contribution is -2.29. The molecule has 0 N–H and O–H groups in total. The maximum Gasteiger partial charge on any atom is 0.233 e. The molecule has 144 valence electrons. The molecule has 1 amide bonds. The SMILES string of the molecule is CCc1ccc(-n2c(SCC(=O)N3CCCC3)nnc2-c2cccnc2)cc1. The van der Waals surface area contributed by atoms with Crippen LogP contribution < -0.4 is 0 Å². The van der Waals surface area contributed by atoms with Crippen molar-refractivity contribution in [3.05, 3.63) is 54.4 Å². The molecule has 1 aliphatic heterocycles. The van der Waals surface area contributed by atoms with Gasteiger partial charge in [0.15, 0.2) is 11.0 Å². The van der Waals surface area contributed by atoms with Gasteiger partial charge in [0.25, 0.3) is 0 Å².